The zero-order valence-electron chi connectivity index (χ0n) is 17.8. The first kappa shape index (κ1) is 24.0. The van der Waals surface area contributed by atoms with Crippen molar-refractivity contribution in [3.05, 3.63) is 24.3 Å². The molecule has 2 aliphatic carbocycles. The van der Waals surface area contributed by atoms with E-state index in [1.54, 1.807) is 0 Å². The summed E-state index contributed by atoms with van der Waals surface area (Å²) in [5, 5.41) is 30.0. The number of aliphatic hydroxyl groups is 3. The van der Waals surface area contributed by atoms with Gasteiger partial charge >= 0.3 is 0 Å². The summed E-state index contributed by atoms with van der Waals surface area (Å²) in [4.78, 5) is 23.4. The van der Waals surface area contributed by atoms with Gasteiger partial charge in [-0.3, -0.25) is 9.59 Å². The second kappa shape index (κ2) is 11.8. The molecule has 0 radical (unpaired) electrons. The summed E-state index contributed by atoms with van der Waals surface area (Å²) in [6.45, 7) is 1.73. The van der Waals surface area contributed by atoms with Gasteiger partial charge in [0, 0.05) is 24.7 Å². The number of ketones is 2. The van der Waals surface area contributed by atoms with Crippen LogP contribution in [0, 0.1) is 17.8 Å². The predicted molar refractivity (Wildman–Crippen MR) is 113 cm³/mol. The highest BCUT2D eigenvalue weighted by Gasteiger charge is 2.43. The van der Waals surface area contributed by atoms with Gasteiger partial charge < -0.3 is 15.3 Å². The van der Waals surface area contributed by atoms with Crippen molar-refractivity contribution >= 4 is 11.6 Å². The topological polar surface area (TPSA) is 94.8 Å². The summed E-state index contributed by atoms with van der Waals surface area (Å²) in [5.41, 5.74) is -0.637. The number of carbonyl (C=O) groups is 2. The molecule has 0 unspecified atom stereocenters. The minimum atomic E-state index is -0.649. The Labute approximate surface area is 174 Å². The van der Waals surface area contributed by atoms with E-state index >= 15 is 0 Å². The van der Waals surface area contributed by atoms with Crippen LogP contribution in [0.1, 0.15) is 77.6 Å². The third kappa shape index (κ3) is 7.47. The van der Waals surface area contributed by atoms with Gasteiger partial charge in [-0.25, -0.2) is 0 Å². The van der Waals surface area contributed by atoms with Crippen LogP contribution in [0.15, 0.2) is 24.3 Å². The molecule has 5 nitrogen and oxygen atoms in total. The third-order valence-corrected chi connectivity index (χ3v) is 6.42. The van der Waals surface area contributed by atoms with E-state index in [4.69, 9.17) is 5.11 Å². The molecule has 3 N–H and O–H groups in total. The molecule has 0 bridgehead atoms. The largest absolute Gasteiger partial charge is 0.392 e. The molecule has 0 aliphatic heterocycles. The van der Waals surface area contributed by atoms with Crippen molar-refractivity contribution in [2.45, 2.75) is 89.3 Å². The number of carbonyl (C=O) groups excluding carboxylic acids is 2. The van der Waals surface area contributed by atoms with Gasteiger partial charge in [-0.15, -0.1) is 0 Å². The van der Waals surface area contributed by atoms with Gasteiger partial charge in [-0.1, -0.05) is 44.1 Å². The number of rotatable bonds is 14. The smallest absolute Gasteiger partial charge is 0.158 e. The van der Waals surface area contributed by atoms with Gasteiger partial charge in [0.25, 0.3) is 0 Å². The van der Waals surface area contributed by atoms with E-state index < -0.39 is 18.3 Å². The normalized spacial score (nSPS) is 27.2. The SMILES string of the molecule is CCCC[C@@](O)(CC=C[C@H]1[C@H](O)CC(=O)[C@@H]1CC=CCCCC(=O)CO)C1CC1. The summed E-state index contributed by atoms with van der Waals surface area (Å²) in [7, 11) is 0. The Kier molecular flexibility index (Phi) is 9.73. The van der Waals surface area contributed by atoms with Crippen molar-refractivity contribution in [3.63, 3.8) is 0 Å². The first-order chi connectivity index (χ1) is 13.9. The Morgan fingerprint density at radius 3 is 2.62 bits per heavy atom. The van der Waals surface area contributed by atoms with Crippen LogP contribution < -0.4 is 0 Å². The minimum Gasteiger partial charge on any atom is -0.392 e. The van der Waals surface area contributed by atoms with Gasteiger partial charge in [-0.05, 0) is 50.9 Å². The highest BCUT2D eigenvalue weighted by molar-refractivity contribution is 5.84. The molecule has 5 heteroatoms. The summed E-state index contributed by atoms with van der Waals surface area (Å²) in [6.07, 6.45) is 15.5. The fraction of sp³-hybridized carbons (Fsp3) is 0.750. The summed E-state index contributed by atoms with van der Waals surface area (Å²) in [5.74, 6) is -0.0808. The van der Waals surface area contributed by atoms with E-state index in [9.17, 15) is 19.8 Å². The second-order valence-corrected chi connectivity index (χ2v) is 8.83. The van der Waals surface area contributed by atoms with Crippen LogP contribution in [0.3, 0.4) is 0 Å². The molecule has 2 fully saturated rings. The number of Topliss-reactive ketones (excluding diaryl/α,β-unsaturated/α-hetero) is 2. The van der Waals surface area contributed by atoms with Crippen molar-refractivity contribution in [1.82, 2.24) is 0 Å². The molecule has 0 aromatic carbocycles. The van der Waals surface area contributed by atoms with Crippen molar-refractivity contribution in [3.8, 4) is 0 Å². The van der Waals surface area contributed by atoms with E-state index in [-0.39, 0.29) is 29.8 Å². The highest BCUT2D eigenvalue weighted by atomic mass is 16.3. The molecule has 29 heavy (non-hydrogen) atoms. The average molecular weight is 407 g/mol. The number of aliphatic hydroxyl groups excluding tert-OH is 2. The summed E-state index contributed by atoms with van der Waals surface area (Å²) >= 11 is 0. The maximum atomic E-state index is 12.3. The Morgan fingerprint density at radius 2 is 1.97 bits per heavy atom. The molecular formula is C24H38O5. The molecule has 0 saturated heterocycles. The third-order valence-electron chi connectivity index (χ3n) is 6.42. The van der Waals surface area contributed by atoms with Crippen molar-refractivity contribution in [2.24, 2.45) is 17.8 Å². The Morgan fingerprint density at radius 1 is 1.21 bits per heavy atom. The Hall–Kier alpha value is -1.30. The monoisotopic (exact) mass is 406 g/mol. The highest BCUT2D eigenvalue weighted by Crippen LogP contribution is 2.44. The number of unbranched alkanes of at least 4 members (excludes halogenated alkanes) is 2. The number of hydrogen-bond acceptors (Lipinski definition) is 5. The molecule has 2 saturated carbocycles. The first-order valence-electron chi connectivity index (χ1n) is 11.3. The molecule has 164 valence electrons. The molecule has 0 spiro atoms. The van der Waals surface area contributed by atoms with E-state index in [1.807, 2.05) is 24.3 Å². The lowest BCUT2D eigenvalue weighted by Crippen LogP contribution is -2.30. The fourth-order valence-corrected chi connectivity index (χ4v) is 4.39. The van der Waals surface area contributed by atoms with Gasteiger partial charge in [0.15, 0.2) is 5.78 Å². The lowest BCUT2D eigenvalue weighted by molar-refractivity contribution is -0.122. The van der Waals surface area contributed by atoms with Crippen molar-refractivity contribution < 1.29 is 24.9 Å². The molecule has 0 aromatic rings. The first-order valence-corrected chi connectivity index (χ1v) is 11.3. The van der Waals surface area contributed by atoms with Gasteiger partial charge in [0.1, 0.15) is 12.4 Å². The van der Waals surface area contributed by atoms with Crippen LogP contribution in [-0.4, -0.2) is 45.2 Å². The minimum absolute atomic E-state index is 0.0932. The van der Waals surface area contributed by atoms with Crippen LogP contribution in [0.5, 0.6) is 0 Å². The second-order valence-electron chi connectivity index (χ2n) is 8.83. The Bertz CT molecular complexity index is 592. The van der Waals surface area contributed by atoms with E-state index in [0.717, 1.165) is 38.5 Å². The van der Waals surface area contributed by atoms with Crippen LogP contribution in [0.4, 0.5) is 0 Å². The zero-order valence-corrected chi connectivity index (χ0v) is 17.8. The maximum Gasteiger partial charge on any atom is 0.158 e. The number of allylic oxidation sites excluding steroid dienone is 2. The van der Waals surface area contributed by atoms with E-state index in [2.05, 4.69) is 6.92 Å². The van der Waals surface area contributed by atoms with Crippen LogP contribution in [0.2, 0.25) is 0 Å². The molecule has 2 rings (SSSR count). The van der Waals surface area contributed by atoms with Gasteiger partial charge in [-0.2, -0.15) is 0 Å². The Balaban J connectivity index is 1.85. The van der Waals surface area contributed by atoms with E-state index in [0.29, 0.717) is 31.6 Å². The van der Waals surface area contributed by atoms with Gasteiger partial charge in [0.05, 0.1) is 11.7 Å². The lowest BCUT2D eigenvalue weighted by atomic mass is 9.86. The molecular weight excluding hydrogens is 368 g/mol. The standard InChI is InChI=1S/C24H38O5/c1-2-3-14-24(29,18-12-13-18)15-8-11-21-20(22(27)16-23(21)28)10-7-5-4-6-9-19(26)17-25/h5,7-8,11,18,20-21,23,25,28-29H,2-4,6,9-10,12-17H2,1H3/t20-,21-,23-,24-/m1/s1. The summed E-state index contributed by atoms with van der Waals surface area (Å²) < 4.78 is 0. The molecule has 0 heterocycles. The molecule has 0 aromatic heterocycles. The number of hydrogen-bond donors (Lipinski definition) is 3. The van der Waals surface area contributed by atoms with Crippen LogP contribution in [0.25, 0.3) is 0 Å². The molecule has 0 amide bonds. The summed E-state index contributed by atoms with van der Waals surface area (Å²) in [6, 6.07) is 0. The predicted octanol–water partition coefficient (Wildman–Crippen LogP) is 3.51. The average Bonchev–Trinajstić information content (AvgIpc) is 3.51. The lowest BCUT2D eigenvalue weighted by Gasteiger charge is -2.27. The van der Waals surface area contributed by atoms with Gasteiger partial charge in [0.2, 0.25) is 0 Å². The molecule has 2 aliphatic rings. The van der Waals surface area contributed by atoms with Crippen LogP contribution >= 0.6 is 0 Å². The van der Waals surface area contributed by atoms with Crippen LogP contribution in [-0.2, 0) is 9.59 Å². The van der Waals surface area contributed by atoms with E-state index in [1.165, 1.54) is 0 Å². The molecule has 4 atom stereocenters. The fourth-order valence-electron chi connectivity index (χ4n) is 4.39. The maximum absolute atomic E-state index is 12.3. The quantitative estimate of drug-likeness (QED) is 0.303. The van der Waals surface area contributed by atoms with Crippen molar-refractivity contribution in [1.29, 1.82) is 0 Å². The zero-order chi connectivity index (χ0) is 21.3. The van der Waals surface area contributed by atoms with Crippen molar-refractivity contribution in [2.75, 3.05) is 6.61 Å².